The summed E-state index contributed by atoms with van der Waals surface area (Å²) in [6, 6.07) is 9.16. The lowest BCUT2D eigenvalue weighted by Crippen LogP contribution is -2.43. The number of methoxy groups -OCH3 is 1. The maximum Gasteiger partial charge on any atom is 0.337 e. The molecule has 4 nitrogen and oxygen atoms in total. The van der Waals surface area contributed by atoms with Gasteiger partial charge < -0.3 is 10.1 Å². The third-order valence-electron chi connectivity index (χ3n) is 4.74. The lowest BCUT2D eigenvalue weighted by atomic mass is 10.0. The molecule has 0 saturated carbocycles. The summed E-state index contributed by atoms with van der Waals surface area (Å²) in [5.74, 6) is -0.268. The lowest BCUT2D eigenvalue weighted by Gasteiger charge is -2.29. The fraction of sp³-hybridized carbons (Fsp3) is 0.588. The van der Waals surface area contributed by atoms with Crippen LogP contribution in [0.5, 0.6) is 0 Å². The first-order chi connectivity index (χ1) is 10.3. The minimum atomic E-state index is -0.268. The van der Waals surface area contributed by atoms with Crippen LogP contribution in [0.3, 0.4) is 0 Å². The van der Waals surface area contributed by atoms with Crippen LogP contribution in [0.25, 0.3) is 0 Å². The Morgan fingerprint density at radius 3 is 2.76 bits per heavy atom. The van der Waals surface area contributed by atoms with E-state index in [1.807, 2.05) is 24.3 Å². The van der Waals surface area contributed by atoms with Gasteiger partial charge in [-0.1, -0.05) is 12.1 Å². The van der Waals surface area contributed by atoms with Crippen molar-refractivity contribution in [3.05, 3.63) is 35.4 Å². The number of esters is 1. The first-order valence-corrected chi connectivity index (χ1v) is 7.92. The number of ether oxygens (including phenoxy) is 1. The molecule has 0 bridgehead atoms. The number of benzene rings is 1. The number of hydrogen-bond donors (Lipinski definition) is 1. The van der Waals surface area contributed by atoms with Crippen LogP contribution in [0.4, 0.5) is 0 Å². The van der Waals surface area contributed by atoms with Gasteiger partial charge in [-0.05, 0) is 56.5 Å². The predicted octanol–water partition coefficient (Wildman–Crippen LogP) is 2.19. The van der Waals surface area contributed by atoms with Crippen molar-refractivity contribution in [1.82, 2.24) is 10.2 Å². The highest BCUT2D eigenvalue weighted by atomic mass is 16.5. The summed E-state index contributed by atoms with van der Waals surface area (Å²) >= 11 is 0. The van der Waals surface area contributed by atoms with Crippen molar-refractivity contribution in [2.45, 2.75) is 44.3 Å². The van der Waals surface area contributed by atoms with E-state index in [2.05, 4.69) is 10.2 Å². The molecule has 2 atom stereocenters. The van der Waals surface area contributed by atoms with Crippen LogP contribution in [0.2, 0.25) is 0 Å². The number of hydrogen-bond acceptors (Lipinski definition) is 4. The molecule has 1 aromatic carbocycles. The van der Waals surface area contributed by atoms with Gasteiger partial charge in [0.05, 0.1) is 12.7 Å². The quantitative estimate of drug-likeness (QED) is 0.862. The SMILES string of the molecule is COC(=O)c1ccc(CN2CCCC2C2CCCN2)cc1. The standard InChI is InChI=1S/C17H24N2O2/c1-21-17(20)14-8-6-13(7-9-14)12-19-11-3-5-16(19)15-4-2-10-18-15/h6-9,15-16,18H,2-5,10-12H2,1H3. The highest BCUT2D eigenvalue weighted by molar-refractivity contribution is 5.89. The highest BCUT2D eigenvalue weighted by Crippen LogP contribution is 2.26. The summed E-state index contributed by atoms with van der Waals surface area (Å²) in [6.45, 7) is 3.33. The molecule has 2 aliphatic heterocycles. The molecule has 21 heavy (non-hydrogen) atoms. The normalized spacial score (nSPS) is 26.1. The smallest absolute Gasteiger partial charge is 0.337 e. The van der Waals surface area contributed by atoms with E-state index in [1.54, 1.807) is 0 Å². The summed E-state index contributed by atoms with van der Waals surface area (Å²) in [5.41, 5.74) is 1.89. The molecule has 2 heterocycles. The fourth-order valence-corrected chi connectivity index (χ4v) is 3.64. The molecular formula is C17H24N2O2. The average molecular weight is 288 g/mol. The number of nitrogens with zero attached hydrogens (tertiary/aromatic N) is 1. The summed E-state index contributed by atoms with van der Waals surface area (Å²) in [5, 5.41) is 3.64. The Hall–Kier alpha value is -1.39. The number of likely N-dealkylation sites (tertiary alicyclic amines) is 1. The molecule has 0 radical (unpaired) electrons. The van der Waals surface area contributed by atoms with Crippen LogP contribution < -0.4 is 5.32 Å². The number of rotatable bonds is 4. The summed E-state index contributed by atoms with van der Waals surface area (Å²) < 4.78 is 4.74. The van der Waals surface area contributed by atoms with E-state index < -0.39 is 0 Å². The maximum absolute atomic E-state index is 11.5. The summed E-state index contributed by atoms with van der Waals surface area (Å²) in [4.78, 5) is 14.0. The van der Waals surface area contributed by atoms with Crippen molar-refractivity contribution >= 4 is 5.97 Å². The predicted molar refractivity (Wildman–Crippen MR) is 82.2 cm³/mol. The Balaban J connectivity index is 1.63. The molecule has 1 N–H and O–H groups in total. The molecule has 0 amide bonds. The zero-order valence-electron chi connectivity index (χ0n) is 12.7. The number of carbonyl (C=O) groups is 1. The molecule has 3 rings (SSSR count). The van der Waals surface area contributed by atoms with Crippen molar-refractivity contribution in [3.8, 4) is 0 Å². The van der Waals surface area contributed by atoms with E-state index in [0.717, 1.165) is 6.54 Å². The number of carbonyl (C=O) groups excluding carboxylic acids is 1. The zero-order valence-corrected chi connectivity index (χ0v) is 12.7. The average Bonchev–Trinajstić information content (AvgIpc) is 3.18. The minimum absolute atomic E-state index is 0.268. The van der Waals surface area contributed by atoms with Crippen LogP contribution in [-0.2, 0) is 11.3 Å². The Morgan fingerprint density at radius 2 is 2.10 bits per heavy atom. The van der Waals surface area contributed by atoms with E-state index in [-0.39, 0.29) is 5.97 Å². The largest absolute Gasteiger partial charge is 0.465 e. The Kier molecular flexibility index (Phi) is 4.56. The second-order valence-electron chi connectivity index (χ2n) is 6.07. The molecule has 4 heteroatoms. The third kappa shape index (κ3) is 3.27. The van der Waals surface area contributed by atoms with Gasteiger partial charge >= 0.3 is 5.97 Å². The van der Waals surface area contributed by atoms with Gasteiger partial charge in [-0.3, -0.25) is 4.90 Å². The monoisotopic (exact) mass is 288 g/mol. The van der Waals surface area contributed by atoms with E-state index in [4.69, 9.17) is 4.74 Å². The van der Waals surface area contributed by atoms with Crippen molar-refractivity contribution in [2.24, 2.45) is 0 Å². The molecular weight excluding hydrogens is 264 g/mol. The lowest BCUT2D eigenvalue weighted by molar-refractivity contribution is 0.0600. The number of nitrogens with one attached hydrogen (secondary N) is 1. The fourth-order valence-electron chi connectivity index (χ4n) is 3.64. The highest BCUT2D eigenvalue weighted by Gasteiger charge is 2.32. The summed E-state index contributed by atoms with van der Waals surface area (Å²) in [7, 11) is 1.42. The molecule has 2 unspecified atom stereocenters. The van der Waals surface area contributed by atoms with E-state index in [1.165, 1.54) is 51.4 Å². The van der Waals surface area contributed by atoms with Crippen LogP contribution in [-0.4, -0.2) is 43.2 Å². The first-order valence-electron chi connectivity index (χ1n) is 7.92. The van der Waals surface area contributed by atoms with Crippen LogP contribution in [0.15, 0.2) is 24.3 Å². The van der Waals surface area contributed by atoms with Crippen molar-refractivity contribution in [1.29, 1.82) is 0 Å². The molecule has 0 aliphatic carbocycles. The molecule has 114 valence electrons. The Morgan fingerprint density at radius 1 is 1.29 bits per heavy atom. The molecule has 1 aromatic rings. The van der Waals surface area contributed by atoms with Gasteiger partial charge in [0, 0.05) is 18.6 Å². The molecule has 2 saturated heterocycles. The van der Waals surface area contributed by atoms with Gasteiger partial charge in [-0.15, -0.1) is 0 Å². The third-order valence-corrected chi connectivity index (χ3v) is 4.74. The zero-order chi connectivity index (χ0) is 14.7. The van der Waals surface area contributed by atoms with E-state index in [9.17, 15) is 4.79 Å². The van der Waals surface area contributed by atoms with Gasteiger partial charge in [0.15, 0.2) is 0 Å². The maximum atomic E-state index is 11.5. The van der Waals surface area contributed by atoms with Gasteiger partial charge in [0.2, 0.25) is 0 Å². The summed E-state index contributed by atoms with van der Waals surface area (Å²) in [6.07, 6.45) is 5.21. The van der Waals surface area contributed by atoms with Gasteiger partial charge in [0.1, 0.15) is 0 Å². The second kappa shape index (κ2) is 6.58. The van der Waals surface area contributed by atoms with Crippen LogP contribution in [0.1, 0.15) is 41.6 Å². The second-order valence-corrected chi connectivity index (χ2v) is 6.07. The van der Waals surface area contributed by atoms with Crippen LogP contribution >= 0.6 is 0 Å². The topological polar surface area (TPSA) is 41.6 Å². The van der Waals surface area contributed by atoms with E-state index in [0.29, 0.717) is 17.6 Å². The van der Waals surface area contributed by atoms with E-state index >= 15 is 0 Å². The minimum Gasteiger partial charge on any atom is -0.465 e. The van der Waals surface area contributed by atoms with Gasteiger partial charge in [-0.25, -0.2) is 4.79 Å². The molecule has 0 spiro atoms. The van der Waals surface area contributed by atoms with Gasteiger partial charge in [-0.2, -0.15) is 0 Å². The molecule has 2 fully saturated rings. The first kappa shape index (κ1) is 14.5. The van der Waals surface area contributed by atoms with Crippen LogP contribution in [0, 0.1) is 0 Å². The van der Waals surface area contributed by atoms with Crippen molar-refractivity contribution < 1.29 is 9.53 Å². The Bertz CT molecular complexity index is 480. The molecule has 0 aromatic heterocycles. The Labute approximate surface area is 126 Å². The molecule has 2 aliphatic rings. The van der Waals surface area contributed by atoms with Crippen molar-refractivity contribution in [3.63, 3.8) is 0 Å². The van der Waals surface area contributed by atoms with Gasteiger partial charge in [0.25, 0.3) is 0 Å². The van der Waals surface area contributed by atoms with Crippen molar-refractivity contribution in [2.75, 3.05) is 20.2 Å².